The molecule has 3 N–H and O–H groups in total. The number of aliphatic hydroxyl groups is 1. The fourth-order valence-corrected chi connectivity index (χ4v) is 3.36. The second kappa shape index (κ2) is 5.99. The molecule has 1 saturated heterocycles. The molecule has 4 atom stereocenters. The van der Waals surface area contributed by atoms with Gasteiger partial charge < -0.3 is 15.7 Å². The summed E-state index contributed by atoms with van der Waals surface area (Å²) in [7, 11) is 0. The Bertz CT molecular complexity index is 200. The van der Waals surface area contributed by atoms with Crippen LogP contribution >= 0.6 is 0 Å². The van der Waals surface area contributed by atoms with Crippen molar-refractivity contribution in [2.45, 2.75) is 63.6 Å². The minimum Gasteiger partial charge on any atom is -0.395 e. The molecule has 0 spiro atoms. The third-order valence-electron chi connectivity index (χ3n) is 4.35. The lowest BCUT2D eigenvalue weighted by Gasteiger charge is -2.29. The molecule has 1 saturated carbocycles. The molecule has 0 amide bonds. The van der Waals surface area contributed by atoms with Gasteiger partial charge in [-0.25, -0.2) is 0 Å². The number of hydrogen-bond acceptors (Lipinski definition) is 3. The van der Waals surface area contributed by atoms with Crippen molar-refractivity contribution in [3.63, 3.8) is 0 Å². The first-order chi connectivity index (χ1) is 7.85. The Morgan fingerprint density at radius 2 is 2.19 bits per heavy atom. The molecule has 94 valence electrons. The Labute approximate surface area is 99.0 Å². The molecule has 0 aromatic rings. The lowest BCUT2D eigenvalue weighted by molar-refractivity contribution is 0.208. The van der Waals surface area contributed by atoms with Gasteiger partial charge in [0.2, 0.25) is 0 Å². The molecule has 3 nitrogen and oxygen atoms in total. The zero-order valence-electron chi connectivity index (χ0n) is 10.4. The largest absolute Gasteiger partial charge is 0.395 e. The minimum absolute atomic E-state index is 0.276. The highest BCUT2D eigenvalue weighted by Crippen LogP contribution is 2.32. The van der Waals surface area contributed by atoms with E-state index in [-0.39, 0.29) is 6.61 Å². The molecule has 2 fully saturated rings. The van der Waals surface area contributed by atoms with Crippen molar-refractivity contribution in [2.75, 3.05) is 13.2 Å². The summed E-state index contributed by atoms with van der Waals surface area (Å²) >= 11 is 0. The summed E-state index contributed by atoms with van der Waals surface area (Å²) < 4.78 is 0. The van der Waals surface area contributed by atoms with Gasteiger partial charge in [-0.05, 0) is 44.6 Å². The first-order valence-corrected chi connectivity index (χ1v) is 6.95. The van der Waals surface area contributed by atoms with Gasteiger partial charge in [0.25, 0.3) is 0 Å². The highest BCUT2D eigenvalue weighted by molar-refractivity contribution is 4.94. The molecule has 16 heavy (non-hydrogen) atoms. The quantitative estimate of drug-likeness (QED) is 0.661. The Morgan fingerprint density at radius 3 is 2.81 bits per heavy atom. The van der Waals surface area contributed by atoms with Gasteiger partial charge in [0, 0.05) is 18.1 Å². The molecule has 1 aliphatic heterocycles. The third kappa shape index (κ3) is 2.76. The third-order valence-corrected chi connectivity index (χ3v) is 4.35. The minimum atomic E-state index is 0.276. The van der Waals surface area contributed by atoms with E-state index in [1.165, 1.54) is 38.6 Å². The van der Waals surface area contributed by atoms with E-state index in [9.17, 15) is 5.11 Å². The van der Waals surface area contributed by atoms with Crippen LogP contribution in [0.25, 0.3) is 0 Å². The van der Waals surface area contributed by atoms with Crippen LogP contribution in [0.3, 0.4) is 0 Å². The second-order valence-electron chi connectivity index (χ2n) is 5.36. The summed E-state index contributed by atoms with van der Waals surface area (Å²) in [5, 5.41) is 16.5. The smallest absolute Gasteiger partial charge is 0.0584 e. The van der Waals surface area contributed by atoms with Crippen LogP contribution in [-0.4, -0.2) is 36.4 Å². The molecule has 0 aromatic carbocycles. The van der Waals surface area contributed by atoms with E-state index in [2.05, 4.69) is 17.6 Å². The maximum absolute atomic E-state index is 9.26. The molecule has 0 aromatic heterocycles. The SMILES string of the molecule is CCC(CO)NC1CCCC1C1CCCN1. The molecular formula is C13H26N2O. The van der Waals surface area contributed by atoms with E-state index in [4.69, 9.17) is 0 Å². The molecule has 2 rings (SSSR count). The number of nitrogens with one attached hydrogen (secondary N) is 2. The predicted molar refractivity (Wildman–Crippen MR) is 66.5 cm³/mol. The van der Waals surface area contributed by atoms with Crippen LogP contribution in [0.15, 0.2) is 0 Å². The van der Waals surface area contributed by atoms with Crippen molar-refractivity contribution >= 4 is 0 Å². The zero-order chi connectivity index (χ0) is 11.4. The first-order valence-electron chi connectivity index (χ1n) is 6.95. The standard InChI is InChI=1S/C13H26N2O/c1-2-10(9-16)15-13-6-3-5-11(13)12-7-4-8-14-12/h10-16H,2-9H2,1H3. The summed E-state index contributed by atoms with van der Waals surface area (Å²) in [6.07, 6.45) is 7.71. The Kier molecular flexibility index (Phi) is 4.62. The topological polar surface area (TPSA) is 44.3 Å². The van der Waals surface area contributed by atoms with Crippen LogP contribution in [0.2, 0.25) is 0 Å². The van der Waals surface area contributed by atoms with E-state index in [1.54, 1.807) is 0 Å². The molecule has 4 unspecified atom stereocenters. The molecular weight excluding hydrogens is 200 g/mol. The van der Waals surface area contributed by atoms with Crippen LogP contribution in [0.5, 0.6) is 0 Å². The maximum Gasteiger partial charge on any atom is 0.0584 e. The molecule has 1 aliphatic carbocycles. The van der Waals surface area contributed by atoms with Crippen molar-refractivity contribution in [1.82, 2.24) is 10.6 Å². The fourth-order valence-electron chi connectivity index (χ4n) is 3.36. The van der Waals surface area contributed by atoms with Gasteiger partial charge in [0.15, 0.2) is 0 Å². The normalized spacial score (nSPS) is 36.8. The van der Waals surface area contributed by atoms with Crippen LogP contribution in [-0.2, 0) is 0 Å². The van der Waals surface area contributed by atoms with Crippen LogP contribution in [0.4, 0.5) is 0 Å². The van der Waals surface area contributed by atoms with E-state index < -0.39 is 0 Å². The van der Waals surface area contributed by atoms with E-state index in [0.717, 1.165) is 18.4 Å². The Balaban J connectivity index is 1.87. The number of hydrogen-bond donors (Lipinski definition) is 3. The van der Waals surface area contributed by atoms with E-state index >= 15 is 0 Å². The summed E-state index contributed by atoms with van der Waals surface area (Å²) in [6.45, 7) is 3.62. The van der Waals surface area contributed by atoms with Crippen molar-refractivity contribution in [3.8, 4) is 0 Å². The van der Waals surface area contributed by atoms with Crippen molar-refractivity contribution < 1.29 is 5.11 Å². The van der Waals surface area contributed by atoms with Gasteiger partial charge in [0.1, 0.15) is 0 Å². The lowest BCUT2D eigenvalue weighted by atomic mass is 9.92. The van der Waals surface area contributed by atoms with Crippen molar-refractivity contribution in [2.24, 2.45) is 5.92 Å². The second-order valence-corrected chi connectivity index (χ2v) is 5.36. The zero-order valence-corrected chi connectivity index (χ0v) is 10.4. The summed E-state index contributed by atoms with van der Waals surface area (Å²) in [4.78, 5) is 0. The van der Waals surface area contributed by atoms with E-state index in [1.807, 2.05) is 0 Å². The Morgan fingerprint density at radius 1 is 1.31 bits per heavy atom. The molecule has 1 heterocycles. The summed E-state index contributed by atoms with van der Waals surface area (Å²) in [6, 6.07) is 1.66. The number of aliphatic hydroxyl groups excluding tert-OH is 1. The Hall–Kier alpha value is -0.120. The van der Waals surface area contributed by atoms with E-state index in [0.29, 0.717) is 12.1 Å². The average molecular weight is 226 g/mol. The highest BCUT2D eigenvalue weighted by atomic mass is 16.3. The van der Waals surface area contributed by atoms with Gasteiger partial charge in [0.05, 0.1) is 6.61 Å². The highest BCUT2D eigenvalue weighted by Gasteiger charge is 2.35. The summed E-state index contributed by atoms with van der Waals surface area (Å²) in [5.41, 5.74) is 0. The molecule has 0 radical (unpaired) electrons. The monoisotopic (exact) mass is 226 g/mol. The number of rotatable bonds is 5. The van der Waals surface area contributed by atoms with Gasteiger partial charge >= 0.3 is 0 Å². The average Bonchev–Trinajstić information content (AvgIpc) is 2.95. The predicted octanol–water partition coefficient (Wildman–Crippen LogP) is 1.27. The van der Waals surface area contributed by atoms with Gasteiger partial charge in [-0.15, -0.1) is 0 Å². The van der Waals surface area contributed by atoms with Crippen LogP contribution < -0.4 is 10.6 Å². The van der Waals surface area contributed by atoms with Crippen LogP contribution in [0, 0.1) is 5.92 Å². The van der Waals surface area contributed by atoms with Crippen LogP contribution in [0.1, 0.15) is 45.4 Å². The molecule has 3 heteroatoms. The van der Waals surface area contributed by atoms with Crippen molar-refractivity contribution in [3.05, 3.63) is 0 Å². The fraction of sp³-hybridized carbons (Fsp3) is 1.00. The molecule has 2 aliphatic rings. The first kappa shape index (κ1) is 12.3. The van der Waals surface area contributed by atoms with Crippen molar-refractivity contribution in [1.29, 1.82) is 0 Å². The maximum atomic E-state index is 9.26. The lowest BCUT2D eigenvalue weighted by Crippen LogP contribution is -2.47. The van der Waals surface area contributed by atoms with Gasteiger partial charge in [-0.2, -0.15) is 0 Å². The molecule has 0 bridgehead atoms. The van der Waals surface area contributed by atoms with Gasteiger partial charge in [-0.3, -0.25) is 0 Å². The van der Waals surface area contributed by atoms with Gasteiger partial charge in [-0.1, -0.05) is 13.3 Å². The summed E-state index contributed by atoms with van der Waals surface area (Å²) in [5.74, 6) is 0.795.